The van der Waals surface area contributed by atoms with Crippen LogP contribution in [0.2, 0.25) is 10.0 Å². The molecule has 6 nitrogen and oxygen atoms in total. The third-order valence-electron chi connectivity index (χ3n) is 3.96. The maximum atomic E-state index is 12.8. The second kappa shape index (κ2) is 6.90. The molecule has 1 aliphatic heterocycles. The molecule has 1 amide bonds. The average molecular weight is 394 g/mol. The van der Waals surface area contributed by atoms with E-state index < -0.39 is 33.0 Å². The van der Waals surface area contributed by atoms with E-state index in [4.69, 9.17) is 23.2 Å². The van der Waals surface area contributed by atoms with Crippen LogP contribution in [0.25, 0.3) is 0 Å². The van der Waals surface area contributed by atoms with Gasteiger partial charge in [0.05, 0.1) is 15.2 Å². The van der Waals surface area contributed by atoms with Crippen LogP contribution in [-0.2, 0) is 19.4 Å². The molecular formula is C15H17Cl2NO5S. The molecular weight excluding hydrogens is 377 g/mol. The number of halogens is 2. The van der Waals surface area contributed by atoms with Crippen LogP contribution in [0.15, 0.2) is 23.1 Å². The van der Waals surface area contributed by atoms with Gasteiger partial charge >= 0.3 is 5.97 Å². The van der Waals surface area contributed by atoms with Crippen molar-refractivity contribution < 1.29 is 23.1 Å². The van der Waals surface area contributed by atoms with Gasteiger partial charge in [-0.1, -0.05) is 37.0 Å². The predicted molar refractivity (Wildman–Crippen MR) is 90.0 cm³/mol. The third-order valence-corrected chi connectivity index (χ3v) is 6.81. The normalized spacial score (nSPS) is 21.3. The molecule has 2 rings (SSSR count). The maximum Gasteiger partial charge on any atom is 0.326 e. The number of hydrogen-bond donors (Lipinski definition) is 1. The van der Waals surface area contributed by atoms with Crippen molar-refractivity contribution >= 4 is 44.9 Å². The van der Waals surface area contributed by atoms with Crippen LogP contribution in [0.1, 0.15) is 20.3 Å². The van der Waals surface area contributed by atoms with E-state index in [9.17, 15) is 23.1 Å². The first-order chi connectivity index (χ1) is 11.1. The molecule has 9 heteroatoms. The van der Waals surface area contributed by atoms with Crippen LogP contribution in [-0.4, -0.2) is 48.1 Å². The number of nitrogens with zero attached hydrogens (tertiary/aromatic N) is 1. The summed E-state index contributed by atoms with van der Waals surface area (Å²) in [4.78, 5) is 24.6. The largest absolute Gasteiger partial charge is 0.480 e. The number of carbonyl (C=O) groups is 2. The van der Waals surface area contributed by atoms with Gasteiger partial charge in [-0.25, -0.2) is 13.2 Å². The molecule has 0 aliphatic carbocycles. The van der Waals surface area contributed by atoms with Crippen LogP contribution in [0.5, 0.6) is 0 Å². The van der Waals surface area contributed by atoms with E-state index in [1.807, 2.05) is 0 Å². The number of sulfone groups is 1. The molecule has 0 spiro atoms. The minimum Gasteiger partial charge on any atom is -0.480 e. The fourth-order valence-electron chi connectivity index (χ4n) is 2.72. The molecule has 2 atom stereocenters. The van der Waals surface area contributed by atoms with Crippen LogP contribution in [0, 0.1) is 5.92 Å². The lowest BCUT2D eigenvalue weighted by molar-refractivity contribution is -0.149. The Morgan fingerprint density at radius 3 is 2.42 bits per heavy atom. The summed E-state index contributed by atoms with van der Waals surface area (Å²) in [5.41, 5.74) is 0. The zero-order chi connectivity index (χ0) is 18.2. The average Bonchev–Trinajstić information content (AvgIpc) is 2.91. The number of aliphatic carboxylic acids is 1. The predicted octanol–water partition coefficient (Wildman–Crippen LogP) is 2.48. The Labute approximate surface area is 150 Å². The van der Waals surface area contributed by atoms with Crippen molar-refractivity contribution in [3.05, 3.63) is 28.2 Å². The van der Waals surface area contributed by atoms with Gasteiger partial charge in [-0.3, -0.25) is 4.79 Å². The summed E-state index contributed by atoms with van der Waals surface area (Å²) in [6, 6.07) is 2.85. The fraction of sp³-hybridized carbons (Fsp3) is 0.467. The number of carboxylic acid groups (broad SMARTS) is 1. The van der Waals surface area contributed by atoms with Crippen molar-refractivity contribution in [3.63, 3.8) is 0 Å². The van der Waals surface area contributed by atoms with Gasteiger partial charge in [-0.2, -0.15) is 0 Å². The van der Waals surface area contributed by atoms with Crippen molar-refractivity contribution in [2.45, 2.75) is 36.5 Å². The Balaban J connectivity index is 2.38. The smallest absolute Gasteiger partial charge is 0.326 e. The summed E-state index contributed by atoms with van der Waals surface area (Å²) in [6.45, 7) is 3.10. The summed E-state index contributed by atoms with van der Waals surface area (Å²) in [7, 11) is -3.89. The Morgan fingerprint density at radius 1 is 1.29 bits per heavy atom. The number of amides is 1. The first-order valence-corrected chi connectivity index (χ1v) is 9.58. The standard InChI is InChI=1S/C15H17Cl2NO5S/c1-8(2)14(19)18-7-10(6-12(18)15(20)21)24(22,23)13-4-3-9(16)5-11(13)17/h3-5,8,10,12H,6-7H2,1-2H3,(H,20,21). The molecule has 0 radical (unpaired) electrons. The highest BCUT2D eigenvalue weighted by Gasteiger charge is 2.46. The molecule has 0 saturated carbocycles. The molecule has 1 aromatic carbocycles. The van der Waals surface area contributed by atoms with E-state index in [2.05, 4.69) is 0 Å². The van der Waals surface area contributed by atoms with Gasteiger partial charge in [0.25, 0.3) is 0 Å². The van der Waals surface area contributed by atoms with Gasteiger partial charge in [-0.05, 0) is 24.6 Å². The third kappa shape index (κ3) is 3.53. The number of hydrogen-bond acceptors (Lipinski definition) is 4. The SMILES string of the molecule is CC(C)C(=O)N1CC(S(=O)(=O)c2ccc(Cl)cc2Cl)CC1C(=O)O. The first-order valence-electron chi connectivity index (χ1n) is 7.28. The Bertz CT molecular complexity index is 778. The van der Waals surface area contributed by atoms with Crippen molar-refractivity contribution in [1.82, 2.24) is 4.90 Å². The van der Waals surface area contributed by atoms with Crippen molar-refractivity contribution in [2.75, 3.05) is 6.54 Å². The van der Waals surface area contributed by atoms with Gasteiger partial charge in [-0.15, -0.1) is 0 Å². The van der Waals surface area contributed by atoms with Crippen molar-refractivity contribution in [3.8, 4) is 0 Å². The lowest BCUT2D eigenvalue weighted by Crippen LogP contribution is -2.42. The van der Waals surface area contributed by atoms with Gasteiger partial charge in [0, 0.05) is 17.5 Å². The van der Waals surface area contributed by atoms with E-state index in [1.165, 1.54) is 18.2 Å². The lowest BCUT2D eigenvalue weighted by atomic mass is 10.1. The van der Waals surface area contributed by atoms with Gasteiger partial charge in [0.1, 0.15) is 6.04 Å². The number of carboxylic acids is 1. The monoisotopic (exact) mass is 393 g/mol. The minimum atomic E-state index is -3.89. The zero-order valence-corrected chi connectivity index (χ0v) is 15.4. The van der Waals surface area contributed by atoms with E-state index >= 15 is 0 Å². The lowest BCUT2D eigenvalue weighted by Gasteiger charge is -2.23. The van der Waals surface area contributed by atoms with Crippen LogP contribution in [0.4, 0.5) is 0 Å². The number of carbonyl (C=O) groups excluding carboxylic acids is 1. The summed E-state index contributed by atoms with van der Waals surface area (Å²) >= 11 is 11.8. The van der Waals surface area contributed by atoms with Crippen LogP contribution < -0.4 is 0 Å². The molecule has 1 aromatic rings. The number of benzene rings is 1. The molecule has 1 aliphatic rings. The van der Waals surface area contributed by atoms with Gasteiger partial charge < -0.3 is 10.0 Å². The van der Waals surface area contributed by atoms with Gasteiger partial charge in [0.2, 0.25) is 5.91 Å². The second-order valence-electron chi connectivity index (χ2n) is 5.98. The zero-order valence-electron chi connectivity index (χ0n) is 13.1. The molecule has 1 heterocycles. The number of likely N-dealkylation sites (tertiary alicyclic amines) is 1. The highest BCUT2D eigenvalue weighted by Crippen LogP contribution is 2.33. The molecule has 1 N–H and O–H groups in total. The Morgan fingerprint density at radius 2 is 1.92 bits per heavy atom. The van der Waals surface area contributed by atoms with E-state index in [0.29, 0.717) is 5.02 Å². The van der Waals surface area contributed by atoms with Crippen molar-refractivity contribution in [2.24, 2.45) is 5.92 Å². The van der Waals surface area contributed by atoms with Gasteiger partial charge in [0.15, 0.2) is 9.84 Å². The highest BCUT2D eigenvalue weighted by molar-refractivity contribution is 7.92. The summed E-state index contributed by atoms with van der Waals surface area (Å²) in [6.07, 6.45) is -0.172. The number of rotatable bonds is 4. The molecule has 1 saturated heterocycles. The van der Waals surface area contributed by atoms with E-state index in [1.54, 1.807) is 13.8 Å². The van der Waals surface area contributed by atoms with Crippen LogP contribution >= 0.6 is 23.2 Å². The Hall–Kier alpha value is -1.31. The molecule has 0 bridgehead atoms. The maximum absolute atomic E-state index is 12.8. The quantitative estimate of drug-likeness (QED) is 0.847. The van der Waals surface area contributed by atoms with Crippen molar-refractivity contribution in [1.29, 1.82) is 0 Å². The highest BCUT2D eigenvalue weighted by atomic mass is 35.5. The molecule has 24 heavy (non-hydrogen) atoms. The first kappa shape index (κ1) is 19.0. The van der Waals surface area contributed by atoms with E-state index in [-0.39, 0.29) is 28.8 Å². The second-order valence-corrected chi connectivity index (χ2v) is 9.02. The Kier molecular flexibility index (Phi) is 5.47. The topological polar surface area (TPSA) is 91.8 Å². The summed E-state index contributed by atoms with van der Waals surface area (Å²) < 4.78 is 25.6. The molecule has 132 valence electrons. The molecule has 2 unspecified atom stereocenters. The summed E-state index contributed by atoms with van der Waals surface area (Å²) in [5, 5.41) is 8.57. The fourth-order valence-corrected chi connectivity index (χ4v) is 5.19. The van der Waals surface area contributed by atoms with E-state index in [0.717, 1.165) is 4.90 Å². The molecule has 1 fully saturated rings. The van der Waals surface area contributed by atoms with Crippen LogP contribution in [0.3, 0.4) is 0 Å². The molecule has 0 aromatic heterocycles. The summed E-state index contributed by atoms with van der Waals surface area (Å²) in [5.74, 6) is -2.03. The minimum absolute atomic E-state index is 0.0250.